The zero-order valence-electron chi connectivity index (χ0n) is 14.8. The van der Waals surface area contributed by atoms with E-state index in [0.29, 0.717) is 23.7 Å². The van der Waals surface area contributed by atoms with Crippen molar-refractivity contribution in [3.63, 3.8) is 0 Å². The molecule has 1 unspecified atom stereocenters. The predicted octanol–water partition coefficient (Wildman–Crippen LogP) is 2.79. The van der Waals surface area contributed by atoms with Gasteiger partial charge in [-0.1, -0.05) is 30.7 Å². The van der Waals surface area contributed by atoms with Crippen LogP contribution in [0, 0.1) is 0 Å². The van der Waals surface area contributed by atoms with Gasteiger partial charge in [-0.25, -0.2) is 4.79 Å². The van der Waals surface area contributed by atoms with E-state index in [1.165, 1.54) is 0 Å². The van der Waals surface area contributed by atoms with Crippen LogP contribution in [-0.4, -0.2) is 40.9 Å². The number of hydrogen-bond acceptors (Lipinski definition) is 3. The Morgan fingerprint density at radius 2 is 1.64 bits per heavy atom. The molecular weight excluding hydrogens is 344 g/mol. The lowest BCUT2D eigenvalue weighted by molar-refractivity contribution is -0.148. The van der Waals surface area contributed by atoms with Gasteiger partial charge in [0.15, 0.2) is 5.54 Å². The van der Waals surface area contributed by atoms with Crippen LogP contribution in [0.3, 0.4) is 0 Å². The molecule has 25 heavy (non-hydrogen) atoms. The zero-order valence-corrected chi connectivity index (χ0v) is 15.6. The highest BCUT2D eigenvalue weighted by Gasteiger charge is 2.40. The van der Waals surface area contributed by atoms with E-state index in [2.05, 4.69) is 5.32 Å². The van der Waals surface area contributed by atoms with E-state index in [-0.39, 0.29) is 25.2 Å². The minimum absolute atomic E-state index is 0.0492. The molecule has 2 N–H and O–H groups in total. The Morgan fingerprint density at radius 1 is 1.08 bits per heavy atom. The maximum atomic E-state index is 12.3. The Morgan fingerprint density at radius 3 is 2.08 bits per heavy atom. The van der Waals surface area contributed by atoms with Crippen LogP contribution in [0.5, 0.6) is 0 Å². The summed E-state index contributed by atoms with van der Waals surface area (Å²) >= 11 is 5.86. The summed E-state index contributed by atoms with van der Waals surface area (Å²) < 4.78 is 0. The van der Waals surface area contributed by atoms with Gasteiger partial charge >= 0.3 is 5.97 Å². The van der Waals surface area contributed by atoms with Crippen LogP contribution in [0.2, 0.25) is 5.02 Å². The summed E-state index contributed by atoms with van der Waals surface area (Å²) in [4.78, 5) is 37.8. The van der Waals surface area contributed by atoms with E-state index >= 15 is 0 Å². The third-order valence-corrected chi connectivity index (χ3v) is 4.52. The lowest BCUT2D eigenvalue weighted by Crippen LogP contribution is -2.51. The molecule has 6 nitrogen and oxygen atoms in total. The molecule has 0 aliphatic carbocycles. The summed E-state index contributed by atoms with van der Waals surface area (Å²) in [6, 6.07) is 6.34. The van der Waals surface area contributed by atoms with Crippen LogP contribution in [0.4, 0.5) is 0 Å². The second-order valence-corrected chi connectivity index (χ2v) is 6.12. The number of carboxylic acids is 1. The smallest absolute Gasteiger partial charge is 0.334 e. The fourth-order valence-corrected chi connectivity index (χ4v) is 2.81. The molecule has 0 saturated heterocycles. The van der Waals surface area contributed by atoms with Crippen molar-refractivity contribution in [1.82, 2.24) is 10.2 Å². The Bertz CT molecular complexity index is 614. The first kappa shape index (κ1) is 21.0. The summed E-state index contributed by atoms with van der Waals surface area (Å²) in [5.74, 6) is -1.75. The molecule has 0 aliphatic rings. The van der Waals surface area contributed by atoms with E-state index in [1.807, 2.05) is 13.8 Å². The third-order valence-electron chi connectivity index (χ3n) is 4.27. The predicted molar refractivity (Wildman–Crippen MR) is 96.4 cm³/mol. The molecule has 1 aromatic carbocycles. The molecule has 1 rings (SSSR count). The minimum Gasteiger partial charge on any atom is -0.479 e. The normalized spacial score (nSPS) is 13.0. The summed E-state index contributed by atoms with van der Waals surface area (Å²) in [5.41, 5.74) is -1.10. The van der Waals surface area contributed by atoms with Crippen molar-refractivity contribution in [3.8, 4) is 0 Å². The van der Waals surface area contributed by atoms with Gasteiger partial charge in [-0.15, -0.1) is 0 Å². The molecule has 7 heteroatoms. The number of benzene rings is 1. The lowest BCUT2D eigenvalue weighted by atomic mass is 9.87. The maximum absolute atomic E-state index is 12.3. The van der Waals surface area contributed by atoms with E-state index in [0.717, 1.165) is 0 Å². The second kappa shape index (κ2) is 9.42. The molecule has 0 aromatic heterocycles. The molecular formula is C18H25ClN2O4. The lowest BCUT2D eigenvalue weighted by Gasteiger charge is -2.30. The topological polar surface area (TPSA) is 86.7 Å². The average Bonchev–Trinajstić information content (AvgIpc) is 2.59. The summed E-state index contributed by atoms with van der Waals surface area (Å²) in [7, 11) is 0. The van der Waals surface area contributed by atoms with Crippen LogP contribution < -0.4 is 5.32 Å². The van der Waals surface area contributed by atoms with Crippen molar-refractivity contribution >= 4 is 29.4 Å². The fourth-order valence-electron chi connectivity index (χ4n) is 2.68. The summed E-state index contributed by atoms with van der Waals surface area (Å²) in [6.45, 7) is 6.58. The number of rotatable bonds is 9. The quantitative estimate of drug-likeness (QED) is 0.701. The average molecular weight is 369 g/mol. The molecule has 1 aromatic rings. The standard InChI is InChI=1S/C18H25ClN2O4/c1-4-18(17(24)25,13-7-9-14(19)10-8-13)20-15(22)11-12-16(23)21(5-2)6-3/h7-10H,4-6,11-12H2,1-3H3,(H,20,22)(H,24,25). The van der Waals surface area contributed by atoms with Crippen LogP contribution in [0.25, 0.3) is 0 Å². The first-order valence-electron chi connectivity index (χ1n) is 8.38. The van der Waals surface area contributed by atoms with Crippen LogP contribution >= 0.6 is 11.6 Å². The molecule has 0 fully saturated rings. The van der Waals surface area contributed by atoms with Crippen molar-refractivity contribution in [1.29, 1.82) is 0 Å². The van der Waals surface area contributed by atoms with Crippen molar-refractivity contribution in [3.05, 3.63) is 34.9 Å². The molecule has 1 atom stereocenters. The highest BCUT2D eigenvalue weighted by molar-refractivity contribution is 6.30. The van der Waals surface area contributed by atoms with Crippen LogP contribution in [-0.2, 0) is 19.9 Å². The Balaban J connectivity index is 2.89. The Hall–Kier alpha value is -2.08. The van der Waals surface area contributed by atoms with Gasteiger partial charge in [0.1, 0.15) is 0 Å². The van der Waals surface area contributed by atoms with Crippen molar-refractivity contribution in [2.45, 2.75) is 45.6 Å². The molecule has 0 aliphatic heterocycles. The number of aliphatic carboxylic acids is 1. The minimum atomic E-state index is -1.54. The van der Waals surface area contributed by atoms with Gasteiger partial charge in [0.25, 0.3) is 0 Å². The monoisotopic (exact) mass is 368 g/mol. The van der Waals surface area contributed by atoms with Crippen LogP contribution in [0.1, 0.15) is 45.6 Å². The number of hydrogen-bond donors (Lipinski definition) is 2. The van der Waals surface area contributed by atoms with Gasteiger partial charge in [-0.2, -0.15) is 0 Å². The van der Waals surface area contributed by atoms with Crippen molar-refractivity contribution < 1.29 is 19.5 Å². The van der Waals surface area contributed by atoms with Gasteiger partial charge in [0, 0.05) is 31.0 Å². The van der Waals surface area contributed by atoms with E-state index in [9.17, 15) is 19.5 Å². The summed E-state index contributed by atoms with van der Waals surface area (Å²) in [6.07, 6.45) is 0.158. The first-order chi connectivity index (χ1) is 11.8. The molecule has 0 spiro atoms. The summed E-state index contributed by atoms with van der Waals surface area (Å²) in [5, 5.41) is 12.8. The second-order valence-electron chi connectivity index (χ2n) is 5.69. The van der Waals surface area contributed by atoms with Gasteiger partial charge < -0.3 is 15.3 Å². The molecule has 2 amide bonds. The first-order valence-corrected chi connectivity index (χ1v) is 8.76. The molecule has 0 heterocycles. The Kier molecular flexibility index (Phi) is 7.90. The number of halogens is 1. The number of carboxylic acid groups (broad SMARTS) is 1. The van der Waals surface area contributed by atoms with E-state index in [1.54, 1.807) is 36.1 Å². The highest BCUT2D eigenvalue weighted by Crippen LogP contribution is 2.27. The number of nitrogens with zero attached hydrogens (tertiary/aromatic N) is 1. The molecule has 0 saturated carbocycles. The largest absolute Gasteiger partial charge is 0.479 e. The van der Waals surface area contributed by atoms with E-state index < -0.39 is 17.4 Å². The van der Waals surface area contributed by atoms with Crippen molar-refractivity contribution in [2.75, 3.05) is 13.1 Å². The van der Waals surface area contributed by atoms with Crippen molar-refractivity contribution in [2.24, 2.45) is 0 Å². The number of nitrogens with one attached hydrogen (secondary N) is 1. The fraction of sp³-hybridized carbons (Fsp3) is 0.500. The van der Waals surface area contributed by atoms with Gasteiger partial charge in [-0.05, 0) is 38.0 Å². The van der Waals surface area contributed by atoms with Gasteiger partial charge in [0.05, 0.1) is 0 Å². The van der Waals surface area contributed by atoms with Gasteiger partial charge in [-0.3, -0.25) is 9.59 Å². The molecule has 138 valence electrons. The van der Waals surface area contributed by atoms with E-state index in [4.69, 9.17) is 11.6 Å². The molecule has 0 bridgehead atoms. The number of carbonyl (C=O) groups excluding carboxylic acids is 2. The third kappa shape index (κ3) is 5.19. The zero-order chi connectivity index (χ0) is 19.0. The number of amides is 2. The SMILES string of the molecule is CCN(CC)C(=O)CCC(=O)NC(CC)(C(=O)O)c1ccc(Cl)cc1. The Labute approximate surface area is 153 Å². The van der Waals surface area contributed by atoms with Crippen LogP contribution in [0.15, 0.2) is 24.3 Å². The number of carbonyl (C=O) groups is 3. The highest BCUT2D eigenvalue weighted by atomic mass is 35.5. The maximum Gasteiger partial charge on any atom is 0.334 e. The van der Waals surface area contributed by atoms with Gasteiger partial charge in [0.2, 0.25) is 11.8 Å². The molecule has 0 radical (unpaired) electrons.